The lowest BCUT2D eigenvalue weighted by molar-refractivity contribution is 0.110. The Bertz CT molecular complexity index is 3220. The molecule has 0 amide bonds. The molecule has 1 aliphatic heterocycles. The number of carbonyl (C=O) groups excluding carboxylic acids is 2. The summed E-state index contributed by atoms with van der Waals surface area (Å²) in [7, 11) is 0. The summed E-state index contributed by atoms with van der Waals surface area (Å²) < 4.78 is 3.95. The van der Waals surface area contributed by atoms with E-state index < -0.39 is 0 Å². The number of hydrogen-bond acceptors (Lipinski definition) is 14. The van der Waals surface area contributed by atoms with Crippen LogP contribution in [0, 0.1) is 0 Å². The summed E-state index contributed by atoms with van der Waals surface area (Å²) in [6.45, 7) is 5.67. The van der Waals surface area contributed by atoms with Crippen molar-refractivity contribution in [1.82, 2.24) is 59.7 Å². The van der Waals surface area contributed by atoms with E-state index in [-0.39, 0.29) is 0 Å². The van der Waals surface area contributed by atoms with Gasteiger partial charge in [-0.25, -0.2) is 34.9 Å². The van der Waals surface area contributed by atoms with Crippen molar-refractivity contribution in [1.29, 1.82) is 0 Å². The minimum absolute atomic E-state index is 0.378. The first kappa shape index (κ1) is 45.3. The summed E-state index contributed by atoms with van der Waals surface area (Å²) in [5, 5.41) is 22.6. The van der Waals surface area contributed by atoms with Crippen LogP contribution in [0.15, 0.2) is 149 Å². The Morgan fingerprint density at radius 3 is 1.54 bits per heavy atom. The topological polar surface area (TPSA) is 213 Å². The Morgan fingerprint density at radius 1 is 0.565 bits per heavy atom. The van der Waals surface area contributed by atoms with Gasteiger partial charge in [0.25, 0.3) is 0 Å². The van der Waals surface area contributed by atoms with Crippen LogP contribution in [0.4, 0.5) is 0 Å². The van der Waals surface area contributed by atoms with E-state index in [0.717, 1.165) is 101 Å². The van der Waals surface area contributed by atoms with Crippen molar-refractivity contribution in [2.75, 3.05) is 6.67 Å². The molecule has 0 atom stereocenters. The first-order valence-corrected chi connectivity index (χ1v) is 22.7. The van der Waals surface area contributed by atoms with Gasteiger partial charge < -0.3 is 9.13 Å². The second kappa shape index (κ2) is 21.6. The van der Waals surface area contributed by atoms with Gasteiger partial charge in [-0.05, 0) is 63.6 Å². The standard InChI is InChI=1S/C26H24N8O.C26H23N7O/c1-2-3-9-23-29-24(26-27-14-6-15-28-26)22(17-35)34(23)16-18-10-12-19(13-11-18)20-7-4-5-8-21(20)25-30-32-33-31-25;1-2-6-23-31-24(26-27-13-5-14-28-26)22(16-34)33(23)15-18-9-11-19(12-10-18)20-7-3-4-8-21(20)25-29-17-30-32-25/h4-8,10-15,17H,2-3,9,16H2,1H3,(H,30,31,32,33);3-5,7-14,16H,2,6,15,17H2,1H3. The van der Waals surface area contributed by atoms with Crippen LogP contribution in [0.3, 0.4) is 0 Å². The number of rotatable bonds is 17. The number of benzene rings is 4. The van der Waals surface area contributed by atoms with Gasteiger partial charge in [-0.1, -0.05) is 117 Å². The molecule has 0 aliphatic carbocycles. The lowest BCUT2D eigenvalue weighted by Crippen LogP contribution is -2.09. The highest BCUT2D eigenvalue weighted by molar-refractivity contribution is 6.05. The van der Waals surface area contributed by atoms with Crippen molar-refractivity contribution >= 4 is 18.4 Å². The number of nitrogens with one attached hydrogen (secondary N) is 1. The van der Waals surface area contributed by atoms with Gasteiger partial charge in [0.05, 0.1) is 0 Å². The lowest BCUT2D eigenvalue weighted by atomic mass is 9.98. The zero-order chi connectivity index (χ0) is 47.4. The van der Waals surface area contributed by atoms with Crippen LogP contribution in [0.1, 0.15) is 82.4 Å². The highest BCUT2D eigenvalue weighted by Crippen LogP contribution is 2.31. The fraction of sp³-hybridized carbons (Fsp3) is 0.192. The van der Waals surface area contributed by atoms with Crippen LogP contribution in [-0.2, 0) is 25.9 Å². The van der Waals surface area contributed by atoms with E-state index in [4.69, 9.17) is 9.97 Å². The van der Waals surface area contributed by atoms with Crippen LogP contribution in [0.5, 0.6) is 0 Å². The van der Waals surface area contributed by atoms with Crippen molar-refractivity contribution < 1.29 is 9.59 Å². The Hall–Kier alpha value is -8.86. The summed E-state index contributed by atoms with van der Waals surface area (Å²) in [4.78, 5) is 55.3. The number of aryl methyl sites for hydroxylation is 2. The summed E-state index contributed by atoms with van der Waals surface area (Å²) in [6.07, 6.45) is 12.8. The number of carbonyl (C=O) groups is 2. The minimum atomic E-state index is 0.378. The zero-order valence-corrected chi connectivity index (χ0v) is 38.1. The van der Waals surface area contributed by atoms with E-state index in [0.29, 0.717) is 65.8 Å². The normalized spacial score (nSPS) is 11.8. The highest BCUT2D eigenvalue weighted by Gasteiger charge is 2.22. The quantitative estimate of drug-likeness (QED) is 0.0850. The van der Waals surface area contributed by atoms with Crippen molar-refractivity contribution in [3.8, 4) is 56.7 Å². The smallest absolute Gasteiger partial charge is 0.205 e. The summed E-state index contributed by atoms with van der Waals surface area (Å²) in [5.74, 6) is 3.84. The molecule has 1 aliphatic rings. The second-order valence-corrected chi connectivity index (χ2v) is 16.0. The number of imidazole rings is 2. The Balaban J connectivity index is 0.000000172. The zero-order valence-electron chi connectivity index (χ0n) is 38.1. The molecule has 5 aromatic heterocycles. The van der Waals surface area contributed by atoms with Crippen LogP contribution in [0.2, 0.25) is 0 Å². The third kappa shape index (κ3) is 10.1. The molecule has 0 fully saturated rings. The molecule has 17 nitrogen and oxygen atoms in total. The van der Waals surface area contributed by atoms with E-state index in [2.05, 4.69) is 124 Å². The Kier molecular flexibility index (Phi) is 14.2. The number of H-pyrrole nitrogens is 1. The molecule has 10 rings (SSSR count). The summed E-state index contributed by atoms with van der Waals surface area (Å²) in [5.41, 5.74) is 10.2. The number of aromatic nitrogens is 12. The Morgan fingerprint density at radius 2 is 1.07 bits per heavy atom. The number of azo groups is 1. The number of nitrogens with zero attached hydrogens (tertiary/aromatic N) is 14. The van der Waals surface area contributed by atoms with Crippen molar-refractivity contribution in [3.05, 3.63) is 174 Å². The SMILES string of the molecule is CCCCc1nc(-c2ncccn2)c(C=O)n1Cc1ccc(-c2ccccc2-c2nn[nH]n2)cc1.CCCc1nc(-c2ncccn2)c(C=O)n1Cc1ccc(-c2ccccc2C2=NCN=N2)cc1. The van der Waals surface area contributed by atoms with E-state index in [1.807, 2.05) is 51.6 Å². The first-order chi connectivity index (χ1) is 34.1. The van der Waals surface area contributed by atoms with Gasteiger partial charge in [0.2, 0.25) is 5.82 Å². The number of aliphatic imine (C=N–C) groups is 1. The van der Waals surface area contributed by atoms with E-state index >= 15 is 0 Å². The number of tetrazole rings is 1. The van der Waals surface area contributed by atoms with Crippen LogP contribution in [0.25, 0.3) is 56.7 Å². The molecule has 0 spiro atoms. The summed E-state index contributed by atoms with van der Waals surface area (Å²) >= 11 is 0. The average Bonchev–Trinajstić information content (AvgIpc) is 4.26. The maximum atomic E-state index is 12.2. The van der Waals surface area contributed by atoms with Gasteiger partial charge in [-0.2, -0.15) is 10.3 Å². The molecule has 17 heteroatoms. The molecule has 6 heterocycles. The van der Waals surface area contributed by atoms with Crippen LogP contribution < -0.4 is 0 Å². The predicted molar refractivity (Wildman–Crippen MR) is 261 cm³/mol. The second-order valence-electron chi connectivity index (χ2n) is 16.0. The van der Waals surface area contributed by atoms with Crippen LogP contribution >= 0.6 is 0 Å². The third-order valence-electron chi connectivity index (χ3n) is 11.5. The minimum Gasteiger partial charge on any atom is -0.321 e. The van der Waals surface area contributed by atoms with E-state index in [9.17, 15) is 9.59 Å². The molecule has 342 valence electrons. The number of unbranched alkanes of at least 4 members (excludes halogenated alkanes) is 1. The van der Waals surface area contributed by atoms with Crippen LogP contribution in [-0.4, -0.2) is 84.7 Å². The molecule has 0 bridgehead atoms. The molecular formula is C52H47N15O2. The van der Waals surface area contributed by atoms with Gasteiger partial charge in [-0.3, -0.25) is 9.59 Å². The fourth-order valence-electron chi connectivity index (χ4n) is 8.18. The molecule has 0 saturated heterocycles. The van der Waals surface area contributed by atoms with E-state index in [1.165, 1.54) is 0 Å². The number of hydrogen-bond donors (Lipinski definition) is 1. The van der Waals surface area contributed by atoms with Crippen molar-refractivity contribution in [3.63, 3.8) is 0 Å². The van der Waals surface area contributed by atoms with Gasteiger partial charge in [0.1, 0.15) is 34.4 Å². The first-order valence-electron chi connectivity index (χ1n) is 22.7. The molecule has 69 heavy (non-hydrogen) atoms. The van der Waals surface area contributed by atoms with Gasteiger partial charge in [-0.15, -0.1) is 15.3 Å². The maximum absolute atomic E-state index is 12.2. The number of amidine groups is 1. The monoisotopic (exact) mass is 913 g/mol. The van der Waals surface area contributed by atoms with E-state index in [1.54, 1.807) is 36.9 Å². The molecule has 4 aromatic carbocycles. The molecule has 9 aromatic rings. The highest BCUT2D eigenvalue weighted by atomic mass is 16.1. The van der Waals surface area contributed by atoms with Gasteiger partial charge in [0.15, 0.2) is 36.7 Å². The van der Waals surface area contributed by atoms with Gasteiger partial charge in [0, 0.05) is 61.8 Å². The van der Waals surface area contributed by atoms with Gasteiger partial charge >= 0.3 is 0 Å². The fourth-order valence-corrected chi connectivity index (χ4v) is 8.18. The van der Waals surface area contributed by atoms with Crippen molar-refractivity contribution in [2.45, 2.75) is 59.0 Å². The third-order valence-corrected chi connectivity index (χ3v) is 11.5. The number of aldehydes is 2. The van der Waals surface area contributed by atoms with Crippen molar-refractivity contribution in [2.24, 2.45) is 15.2 Å². The lowest BCUT2D eigenvalue weighted by Gasteiger charge is -2.11. The molecular weight excluding hydrogens is 867 g/mol. The molecule has 0 saturated carbocycles. The molecule has 1 N–H and O–H groups in total. The molecule has 0 radical (unpaired) electrons. The predicted octanol–water partition coefficient (Wildman–Crippen LogP) is 9.38. The summed E-state index contributed by atoms with van der Waals surface area (Å²) in [6, 6.07) is 36.1. The Labute approximate surface area is 397 Å². The average molecular weight is 914 g/mol. The largest absolute Gasteiger partial charge is 0.321 e. The molecule has 0 unspecified atom stereocenters. The maximum Gasteiger partial charge on any atom is 0.205 e. The number of aromatic amines is 1.